The van der Waals surface area contributed by atoms with Crippen LogP contribution in [0.2, 0.25) is 0 Å². The van der Waals surface area contributed by atoms with Crippen molar-refractivity contribution >= 4 is 36.3 Å². The van der Waals surface area contributed by atoms with Crippen LogP contribution in [0.5, 0.6) is 0 Å². The summed E-state index contributed by atoms with van der Waals surface area (Å²) in [5, 5.41) is 1.40. The molecule has 0 radical (unpaired) electrons. The summed E-state index contributed by atoms with van der Waals surface area (Å²) >= 11 is 0.507. The summed E-state index contributed by atoms with van der Waals surface area (Å²) in [6, 6.07) is 19.1. The SMILES string of the molecule is C(=C\c1c[se]c2ccccc12)/c1ccccc1. The van der Waals surface area contributed by atoms with Crippen LogP contribution >= 0.6 is 0 Å². The van der Waals surface area contributed by atoms with Crippen LogP contribution in [-0.4, -0.2) is 14.5 Å². The maximum atomic E-state index is 2.36. The van der Waals surface area contributed by atoms with E-state index >= 15 is 0 Å². The summed E-state index contributed by atoms with van der Waals surface area (Å²) in [6.07, 6.45) is 4.41. The Kier molecular flexibility index (Phi) is 2.96. The maximum absolute atomic E-state index is 2.36. The van der Waals surface area contributed by atoms with E-state index in [-0.39, 0.29) is 0 Å². The first-order valence-electron chi connectivity index (χ1n) is 5.63. The zero-order valence-corrected chi connectivity index (χ0v) is 11.0. The van der Waals surface area contributed by atoms with Crippen LogP contribution in [0.15, 0.2) is 59.5 Å². The molecule has 0 spiro atoms. The van der Waals surface area contributed by atoms with Gasteiger partial charge < -0.3 is 0 Å². The van der Waals surface area contributed by atoms with Gasteiger partial charge in [-0.25, -0.2) is 0 Å². The molecule has 0 nitrogen and oxygen atoms in total. The van der Waals surface area contributed by atoms with Crippen LogP contribution in [0, 0.1) is 0 Å². The Morgan fingerprint density at radius 1 is 0.765 bits per heavy atom. The van der Waals surface area contributed by atoms with E-state index in [1.807, 2.05) is 6.07 Å². The molecule has 3 aromatic rings. The van der Waals surface area contributed by atoms with Crippen LogP contribution in [0.3, 0.4) is 0 Å². The molecule has 0 fully saturated rings. The minimum absolute atomic E-state index is 0.507. The van der Waals surface area contributed by atoms with Gasteiger partial charge in [0.25, 0.3) is 0 Å². The van der Waals surface area contributed by atoms with Crippen LogP contribution < -0.4 is 0 Å². The Hall–Kier alpha value is -1.56. The number of fused-ring (bicyclic) bond motifs is 1. The molecule has 0 atom stereocenters. The summed E-state index contributed by atoms with van der Waals surface area (Å²) in [5.41, 5.74) is 2.62. The first-order chi connectivity index (χ1) is 8.43. The van der Waals surface area contributed by atoms with Crippen molar-refractivity contribution in [2.75, 3.05) is 0 Å². The summed E-state index contributed by atoms with van der Waals surface area (Å²) in [6.45, 7) is 0. The minimum atomic E-state index is 0.507. The molecule has 3 rings (SSSR count). The van der Waals surface area contributed by atoms with E-state index in [0.29, 0.717) is 14.5 Å². The van der Waals surface area contributed by atoms with Gasteiger partial charge in [0.1, 0.15) is 0 Å². The van der Waals surface area contributed by atoms with Gasteiger partial charge in [0.15, 0.2) is 0 Å². The summed E-state index contributed by atoms with van der Waals surface area (Å²) < 4.78 is 1.49. The van der Waals surface area contributed by atoms with Gasteiger partial charge >= 0.3 is 107 Å². The van der Waals surface area contributed by atoms with E-state index in [2.05, 4.69) is 65.6 Å². The summed E-state index contributed by atoms with van der Waals surface area (Å²) in [5.74, 6) is 0. The quantitative estimate of drug-likeness (QED) is 0.622. The van der Waals surface area contributed by atoms with E-state index in [9.17, 15) is 0 Å². The Balaban J connectivity index is 1.98. The molecule has 17 heavy (non-hydrogen) atoms. The van der Waals surface area contributed by atoms with Crippen molar-refractivity contribution in [1.29, 1.82) is 0 Å². The van der Waals surface area contributed by atoms with Gasteiger partial charge in [-0.2, -0.15) is 0 Å². The monoisotopic (exact) mass is 284 g/mol. The third-order valence-corrected chi connectivity index (χ3v) is 4.83. The second-order valence-corrected chi connectivity index (χ2v) is 5.84. The molecule has 0 aliphatic carbocycles. The molecule has 0 aliphatic rings. The van der Waals surface area contributed by atoms with E-state index in [0.717, 1.165) is 0 Å². The number of rotatable bonds is 2. The number of benzene rings is 2. The average molecular weight is 283 g/mol. The van der Waals surface area contributed by atoms with Gasteiger partial charge in [-0.3, -0.25) is 0 Å². The van der Waals surface area contributed by atoms with Gasteiger partial charge in [0, 0.05) is 0 Å². The molecule has 0 bridgehead atoms. The zero-order chi connectivity index (χ0) is 11.5. The molecule has 2 aromatic carbocycles. The first-order valence-corrected chi connectivity index (χ1v) is 7.47. The van der Waals surface area contributed by atoms with Gasteiger partial charge in [0.05, 0.1) is 0 Å². The molecule has 1 heteroatoms. The fourth-order valence-corrected chi connectivity index (χ4v) is 3.83. The summed E-state index contributed by atoms with van der Waals surface area (Å²) in [4.78, 5) is 2.36. The Morgan fingerprint density at radius 2 is 1.53 bits per heavy atom. The Labute approximate surface area is 107 Å². The van der Waals surface area contributed by atoms with Crippen LogP contribution in [-0.2, 0) is 0 Å². The van der Waals surface area contributed by atoms with Gasteiger partial charge in [-0.1, -0.05) is 0 Å². The first kappa shape index (κ1) is 10.6. The molecular weight excluding hydrogens is 271 g/mol. The number of hydrogen-bond acceptors (Lipinski definition) is 0. The van der Waals surface area contributed by atoms with Crippen molar-refractivity contribution in [3.05, 3.63) is 70.7 Å². The van der Waals surface area contributed by atoms with E-state index in [1.165, 1.54) is 20.8 Å². The van der Waals surface area contributed by atoms with Crippen molar-refractivity contribution in [2.45, 2.75) is 0 Å². The van der Waals surface area contributed by atoms with Gasteiger partial charge in [-0.05, 0) is 0 Å². The summed E-state index contributed by atoms with van der Waals surface area (Å²) in [7, 11) is 0. The molecule has 1 heterocycles. The molecule has 0 N–H and O–H groups in total. The third-order valence-electron chi connectivity index (χ3n) is 2.77. The third kappa shape index (κ3) is 2.26. The van der Waals surface area contributed by atoms with Gasteiger partial charge in [0.2, 0.25) is 0 Å². The van der Waals surface area contributed by atoms with E-state index < -0.39 is 0 Å². The van der Waals surface area contributed by atoms with Crippen molar-refractivity contribution in [1.82, 2.24) is 0 Å². The topological polar surface area (TPSA) is 0 Å². The fraction of sp³-hybridized carbons (Fsp3) is 0. The molecule has 0 saturated heterocycles. The molecule has 0 amide bonds. The molecule has 82 valence electrons. The second kappa shape index (κ2) is 4.75. The molecular formula is C16H12Se. The van der Waals surface area contributed by atoms with Crippen molar-refractivity contribution in [3.8, 4) is 0 Å². The van der Waals surface area contributed by atoms with Gasteiger partial charge in [-0.15, -0.1) is 0 Å². The van der Waals surface area contributed by atoms with E-state index in [1.54, 1.807) is 0 Å². The van der Waals surface area contributed by atoms with E-state index in [4.69, 9.17) is 0 Å². The standard InChI is InChI=1S/C16H12Se/c1-2-6-13(7-3-1)10-11-14-12-17-16-9-5-4-8-15(14)16/h1-12H/b11-10+. The van der Waals surface area contributed by atoms with Crippen LogP contribution in [0.1, 0.15) is 11.1 Å². The van der Waals surface area contributed by atoms with Crippen LogP contribution in [0.25, 0.3) is 21.8 Å². The van der Waals surface area contributed by atoms with Crippen LogP contribution in [0.4, 0.5) is 0 Å². The number of hydrogen-bond donors (Lipinski definition) is 0. The molecule has 0 saturated carbocycles. The predicted octanol–water partition coefficient (Wildman–Crippen LogP) is 4.07. The zero-order valence-electron chi connectivity index (χ0n) is 9.34. The molecule has 0 aliphatic heterocycles. The van der Waals surface area contributed by atoms with Crippen molar-refractivity contribution < 1.29 is 0 Å². The second-order valence-electron chi connectivity index (χ2n) is 3.93. The molecule has 1 aromatic heterocycles. The normalized spacial score (nSPS) is 11.3. The molecule has 0 unspecified atom stereocenters. The van der Waals surface area contributed by atoms with Crippen molar-refractivity contribution in [3.63, 3.8) is 0 Å². The van der Waals surface area contributed by atoms with Crippen molar-refractivity contribution in [2.24, 2.45) is 0 Å². The Morgan fingerprint density at radius 3 is 2.41 bits per heavy atom. The predicted molar refractivity (Wildman–Crippen MR) is 76.3 cm³/mol. The average Bonchev–Trinajstić information content (AvgIpc) is 2.81. The Bertz CT molecular complexity index is 647. The fourth-order valence-electron chi connectivity index (χ4n) is 1.88.